The highest BCUT2D eigenvalue weighted by Gasteiger charge is 2.15. The van der Waals surface area contributed by atoms with E-state index in [1.807, 2.05) is 11.3 Å². The minimum atomic E-state index is 0.947. The molecule has 2 heterocycles. The molecule has 2 aromatic heterocycles. The van der Waals surface area contributed by atoms with Gasteiger partial charge in [-0.1, -0.05) is 121 Å². The third-order valence-electron chi connectivity index (χ3n) is 8.56. The largest absolute Gasteiger partial charge is 0.252 e. The minimum absolute atomic E-state index is 0.947. The van der Waals surface area contributed by atoms with Gasteiger partial charge < -0.3 is 0 Å². The molecular weight excluding hydrogens is 541 g/mol. The standard InChI is InChI=1S/C40H24N2S/c1-2-9-25(10-3-1)29-15-7-17-34-35-18-8-16-30(40(35)43-39(29)34)28-12-6-11-26(23-28)27-19-20-33-36(24-27)31-13-4-5-14-32(31)37-38(33)42-22-21-41-37/h1-24H. The van der Waals surface area contributed by atoms with Crippen molar-refractivity contribution in [2.45, 2.75) is 0 Å². The van der Waals surface area contributed by atoms with E-state index in [0.717, 1.165) is 21.8 Å². The first-order valence-electron chi connectivity index (χ1n) is 14.5. The van der Waals surface area contributed by atoms with Crippen molar-refractivity contribution in [1.29, 1.82) is 0 Å². The van der Waals surface area contributed by atoms with E-state index in [-0.39, 0.29) is 0 Å². The fourth-order valence-corrected chi connectivity index (χ4v) is 7.94. The molecule has 0 bridgehead atoms. The zero-order chi connectivity index (χ0) is 28.3. The molecule has 0 saturated carbocycles. The third-order valence-corrected chi connectivity index (χ3v) is 9.85. The summed E-state index contributed by atoms with van der Waals surface area (Å²) in [5, 5.41) is 7.29. The lowest BCUT2D eigenvalue weighted by atomic mass is 9.94. The van der Waals surface area contributed by atoms with Gasteiger partial charge in [0.1, 0.15) is 0 Å². The Hall–Kier alpha value is -5.38. The van der Waals surface area contributed by atoms with Crippen molar-refractivity contribution >= 4 is 64.1 Å². The Morgan fingerprint density at radius 1 is 0.349 bits per heavy atom. The molecule has 0 aliphatic carbocycles. The number of nitrogens with zero attached hydrogens (tertiary/aromatic N) is 2. The molecule has 0 spiro atoms. The fourth-order valence-electron chi connectivity index (χ4n) is 6.57. The Morgan fingerprint density at radius 2 is 0.884 bits per heavy atom. The van der Waals surface area contributed by atoms with Crippen LogP contribution in [0.1, 0.15) is 0 Å². The van der Waals surface area contributed by atoms with Crippen molar-refractivity contribution in [3.05, 3.63) is 146 Å². The molecule has 0 fully saturated rings. The van der Waals surface area contributed by atoms with Crippen molar-refractivity contribution in [2.75, 3.05) is 0 Å². The van der Waals surface area contributed by atoms with E-state index in [2.05, 4.69) is 138 Å². The van der Waals surface area contributed by atoms with Crippen LogP contribution in [0, 0.1) is 0 Å². The lowest BCUT2D eigenvalue weighted by Gasteiger charge is -2.11. The SMILES string of the molecule is c1ccc(-c2cccc3c2sc2c(-c4cccc(-c5ccc6c(c5)c5ccccc5c5nccnc65)c4)cccc23)cc1. The van der Waals surface area contributed by atoms with E-state index in [4.69, 9.17) is 4.98 Å². The number of rotatable bonds is 3. The molecule has 0 unspecified atom stereocenters. The topological polar surface area (TPSA) is 25.8 Å². The van der Waals surface area contributed by atoms with Crippen LogP contribution >= 0.6 is 11.3 Å². The van der Waals surface area contributed by atoms with Gasteiger partial charge >= 0.3 is 0 Å². The summed E-state index contributed by atoms with van der Waals surface area (Å²) < 4.78 is 2.66. The van der Waals surface area contributed by atoms with E-state index in [0.29, 0.717) is 0 Å². The maximum Gasteiger partial charge on any atom is 0.0971 e. The number of aromatic nitrogens is 2. The quantitative estimate of drug-likeness (QED) is 0.199. The lowest BCUT2D eigenvalue weighted by Crippen LogP contribution is -1.89. The van der Waals surface area contributed by atoms with E-state index in [1.165, 1.54) is 64.3 Å². The average molecular weight is 565 g/mol. The third kappa shape index (κ3) is 3.79. The maximum atomic E-state index is 4.73. The Kier molecular flexibility index (Phi) is 5.40. The smallest absolute Gasteiger partial charge is 0.0971 e. The van der Waals surface area contributed by atoms with Gasteiger partial charge in [-0.2, -0.15) is 0 Å². The van der Waals surface area contributed by atoms with Crippen LogP contribution in [0.25, 0.3) is 86.1 Å². The Labute approximate surface area is 252 Å². The molecular formula is C40H24N2S. The Bertz CT molecular complexity index is 2470. The van der Waals surface area contributed by atoms with E-state index >= 15 is 0 Å². The molecule has 43 heavy (non-hydrogen) atoms. The molecule has 0 radical (unpaired) electrons. The second-order valence-corrected chi connectivity index (χ2v) is 12.0. The summed E-state index contributed by atoms with van der Waals surface area (Å²) in [5.41, 5.74) is 9.33. The van der Waals surface area contributed by atoms with Crippen LogP contribution < -0.4 is 0 Å². The molecule has 0 amide bonds. The zero-order valence-electron chi connectivity index (χ0n) is 23.2. The van der Waals surface area contributed by atoms with E-state index < -0.39 is 0 Å². The second-order valence-electron chi connectivity index (χ2n) is 11.0. The van der Waals surface area contributed by atoms with E-state index in [9.17, 15) is 0 Å². The van der Waals surface area contributed by atoms with Gasteiger partial charge in [-0.25, -0.2) is 0 Å². The summed E-state index contributed by atoms with van der Waals surface area (Å²) in [6.45, 7) is 0. The summed E-state index contributed by atoms with van der Waals surface area (Å²) in [7, 11) is 0. The first-order valence-corrected chi connectivity index (χ1v) is 15.3. The summed E-state index contributed by atoms with van der Waals surface area (Å²) in [6.07, 6.45) is 3.56. The molecule has 9 aromatic rings. The Balaban J connectivity index is 1.22. The van der Waals surface area contributed by atoms with E-state index in [1.54, 1.807) is 12.4 Å². The highest BCUT2D eigenvalue weighted by Crippen LogP contribution is 2.44. The normalized spacial score (nSPS) is 11.7. The Morgan fingerprint density at radius 3 is 1.63 bits per heavy atom. The maximum absolute atomic E-state index is 4.73. The van der Waals surface area contributed by atoms with Crippen LogP contribution in [-0.4, -0.2) is 9.97 Å². The first-order chi connectivity index (χ1) is 21.3. The lowest BCUT2D eigenvalue weighted by molar-refractivity contribution is 1.31. The van der Waals surface area contributed by atoms with Gasteiger partial charge in [-0.3, -0.25) is 9.97 Å². The number of fused-ring (bicyclic) bond motifs is 9. The van der Waals surface area contributed by atoms with Gasteiger partial charge in [0.2, 0.25) is 0 Å². The van der Waals surface area contributed by atoms with Crippen molar-refractivity contribution in [3.63, 3.8) is 0 Å². The molecule has 0 atom stereocenters. The molecule has 0 aliphatic rings. The van der Waals surface area contributed by atoms with Gasteiger partial charge in [0, 0.05) is 43.3 Å². The van der Waals surface area contributed by atoms with Crippen molar-refractivity contribution < 1.29 is 0 Å². The van der Waals surface area contributed by atoms with Crippen molar-refractivity contribution in [2.24, 2.45) is 0 Å². The highest BCUT2D eigenvalue weighted by atomic mass is 32.1. The summed E-state index contributed by atoms with van der Waals surface area (Å²) in [4.78, 5) is 9.41. The average Bonchev–Trinajstić information content (AvgIpc) is 3.48. The van der Waals surface area contributed by atoms with Crippen LogP contribution in [0.15, 0.2) is 146 Å². The molecule has 200 valence electrons. The number of hydrogen-bond acceptors (Lipinski definition) is 3. The summed E-state index contributed by atoms with van der Waals surface area (Å²) in [6, 6.07) is 48.3. The highest BCUT2D eigenvalue weighted by molar-refractivity contribution is 7.26. The molecule has 3 heteroatoms. The first kappa shape index (κ1) is 24.2. The molecule has 0 saturated heterocycles. The zero-order valence-corrected chi connectivity index (χ0v) is 24.0. The number of thiophene rings is 1. The van der Waals surface area contributed by atoms with Crippen LogP contribution in [0.3, 0.4) is 0 Å². The van der Waals surface area contributed by atoms with Crippen LogP contribution in [-0.2, 0) is 0 Å². The fraction of sp³-hybridized carbons (Fsp3) is 0. The molecule has 9 rings (SSSR count). The minimum Gasteiger partial charge on any atom is -0.252 e. The van der Waals surface area contributed by atoms with Crippen LogP contribution in [0.4, 0.5) is 0 Å². The van der Waals surface area contributed by atoms with Gasteiger partial charge in [-0.15, -0.1) is 11.3 Å². The molecule has 0 N–H and O–H groups in total. The van der Waals surface area contributed by atoms with Crippen LogP contribution in [0.2, 0.25) is 0 Å². The molecule has 2 nitrogen and oxygen atoms in total. The van der Waals surface area contributed by atoms with Crippen molar-refractivity contribution in [1.82, 2.24) is 9.97 Å². The molecule has 0 aliphatic heterocycles. The molecule has 7 aromatic carbocycles. The number of benzene rings is 7. The monoisotopic (exact) mass is 564 g/mol. The number of hydrogen-bond donors (Lipinski definition) is 0. The van der Waals surface area contributed by atoms with Gasteiger partial charge in [0.25, 0.3) is 0 Å². The second kappa shape index (κ2) is 9.59. The van der Waals surface area contributed by atoms with Gasteiger partial charge in [0.15, 0.2) is 0 Å². The van der Waals surface area contributed by atoms with Gasteiger partial charge in [-0.05, 0) is 56.3 Å². The van der Waals surface area contributed by atoms with Crippen molar-refractivity contribution in [3.8, 4) is 33.4 Å². The predicted molar refractivity (Wildman–Crippen MR) is 184 cm³/mol. The predicted octanol–water partition coefficient (Wildman–Crippen LogP) is 11.3. The summed E-state index contributed by atoms with van der Waals surface area (Å²) >= 11 is 1.90. The summed E-state index contributed by atoms with van der Waals surface area (Å²) in [5.74, 6) is 0. The van der Waals surface area contributed by atoms with Crippen LogP contribution in [0.5, 0.6) is 0 Å². The van der Waals surface area contributed by atoms with Gasteiger partial charge in [0.05, 0.1) is 11.0 Å².